The highest BCUT2D eigenvalue weighted by atomic mass is 16.5. The van der Waals surface area contributed by atoms with Gasteiger partial charge in [-0.2, -0.15) is 0 Å². The molecular formula is C10H23NO3. The van der Waals surface area contributed by atoms with Crippen LogP contribution in [0.3, 0.4) is 0 Å². The summed E-state index contributed by atoms with van der Waals surface area (Å²) in [6.45, 7) is 7.87. The maximum atomic E-state index is 9.35. The number of aliphatic hydroxyl groups excluding tert-OH is 1. The van der Waals surface area contributed by atoms with Crippen molar-refractivity contribution in [3.8, 4) is 0 Å². The normalized spacial score (nSPS) is 13.1. The van der Waals surface area contributed by atoms with Gasteiger partial charge in [-0.25, -0.2) is 0 Å². The molecule has 0 aliphatic rings. The number of nitrogens with one attached hydrogen (secondary N) is 1. The molecule has 0 aliphatic heterocycles. The lowest BCUT2D eigenvalue weighted by Gasteiger charge is -2.11. The standard InChI is InChI=1S/C10H23NO3/c1-3-5-13-6-7-14-9-10(12)8-11-4-2/h10-12H,3-9H2,1-2H3. The molecule has 0 aliphatic carbocycles. The van der Waals surface area contributed by atoms with Crippen LogP contribution in [-0.2, 0) is 9.47 Å². The molecule has 0 amide bonds. The zero-order valence-electron chi connectivity index (χ0n) is 9.29. The lowest BCUT2D eigenvalue weighted by molar-refractivity contribution is 0.00460. The zero-order chi connectivity index (χ0) is 10.6. The first kappa shape index (κ1) is 13.8. The van der Waals surface area contributed by atoms with Crippen molar-refractivity contribution >= 4 is 0 Å². The Morgan fingerprint density at radius 3 is 2.50 bits per heavy atom. The molecule has 0 aromatic rings. The van der Waals surface area contributed by atoms with Crippen molar-refractivity contribution in [2.24, 2.45) is 0 Å². The molecule has 86 valence electrons. The predicted molar refractivity (Wildman–Crippen MR) is 56.5 cm³/mol. The number of likely N-dealkylation sites (N-methyl/N-ethyl adjacent to an activating group) is 1. The molecule has 0 aromatic carbocycles. The summed E-state index contributed by atoms with van der Waals surface area (Å²) >= 11 is 0. The van der Waals surface area contributed by atoms with Gasteiger partial charge in [0.05, 0.1) is 25.9 Å². The molecule has 0 fully saturated rings. The van der Waals surface area contributed by atoms with Crippen LogP contribution in [0.25, 0.3) is 0 Å². The van der Waals surface area contributed by atoms with Gasteiger partial charge in [-0.3, -0.25) is 0 Å². The Morgan fingerprint density at radius 2 is 1.86 bits per heavy atom. The minimum atomic E-state index is -0.416. The van der Waals surface area contributed by atoms with E-state index in [2.05, 4.69) is 12.2 Å². The maximum Gasteiger partial charge on any atom is 0.0897 e. The highest BCUT2D eigenvalue weighted by Gasteiger charge is 2.01. The van der Waals surface area contributed by atoms with Crippen LogP contribution < -0.4 is 5.32 Å². The summed E-state index contributed by atoms with van der Waals surface area (Å²) in [5, 5.41) is 12.4. The van der Waals surface area contributed by atoms with Crippen LogP contribution in [0.15, 0.2) is 0 Å². The molecule has 1 unspecified atom stereocenters. The molecule has 0 spiro atoms. The monoisotopic (exact) mass is 205 g/mol. The van der Waals surface area contributed by atoms with E-state index in [1.807, 2.05) is 6.92 Å². The van der Waals surface area contributed by atoms with Gasteiger partial charge in [-0.05, 0) is 13.0 Å². The zero-order valence-corrected chi connectivity index (χ0v) is 9.29. The van der Waals surface area contributed by atoms with Gasteiger partial charge in [-0.15, -0.1) is 0 Å². The highest BCUT2D eigenvalue weighted by Crippen LogP contribution is 1.86. The lowest BCUT2D eigenvalue weighted by atomic mass is 10.4. The summed E-state index contributed by atoms with van der Waals surface area (Å²) < 4.78 is 10.4. The summed E-state index contributed by atoms with van der Waals surface area (Å²) in [5.41, 5.74) is 0. The van der Waals surface area contributed by atoms with Crippen molar-refractivity contribution in [3.63, 3.8) is 0 Å². The summed E-state index contributed by atoms with van der Waals surface area (Å²) in [6, 6.07) is 0. The van der Waals surface area contributed by atoms with Gasteiger partial charge in [0, 0.05) is 13.2 Å². The Labute approximate surface area is 86.6 Å². The second kappa shape index (κ2) is 10.9. The van der Waals surface area contributed by atoms with Crippen LogP contribution in [0.5, 0.6) is 0 Å². The molecule has 14 heavy (non-hydrogen) atoms. The van der Waals surface area contributed by atoms with Crippen LogP contribution >= 0.6 is 0 Å². The summed E-state index contributed by atoms with van der Waals surface area (Å²) in [7, 11) is 0. The fraction of sp³-hybridized carbons (Fsp3) is 1.00. The number of hydrogen-bond acceptors (Lipinski definition) is 4. The van der Waals surface area contributed by atoms with Crippen molar-refractivity contribution in [3.05, 3.63) is 0 Å². The summed E-state index contributed by atoms with van der Waals surface area (Å²) in [6.07, 6.45) is 0.615. The summed E-state index contributed by atoms with van der Waals surface area (Å²) in [5.74, 6) is 0. The van der Waals surface area contributed by atoms with E-state index < -0.39 is 6.10 Å². The third-order valence-corrected chi connectivity index (χ3v) is 1.66. The van der Waals surface area contributed by atoms with Crippen molar-refractivity contribution < 1.29 is 14.6 Å². The second-order valence-electron chi connectivity index (χ2n) is 3.15. The first-order valence-corrected chi connectivity index (χ1v) is 5.35. The van der Waals surface area contributed by atoms with Gasteiger partial charge in [0.25, 0.3) is 0 Å². The van der Waals surface area contributed by atoms with E-state index in [4.69, 9.17) is 9.47 Å². The molecule has 4 nitrogen and oxygen atoms in total. The Hall–Kier alpha value is -0.160. The van der Waals surface area contributed by atoms with E-state index in [0.717, 1.165) is 19.6 Å². The molecule has 2 N–H and O–H groups in total. The van der Waals surface area contributed by atoms with Crippen LogP contribution in [0, 0.1) is 0 Å². The highest BCUT2D eigenvalue weighted by molar-refractivity contribution is 4.56. The predicted octanol–water partition coefficient (Wildman–Crippen LogP) is 0.400. The molecule has 0 radical (unpaired) electrons. The molecule has 0 heterocycles. The lowest BCUT2D eigenvalue weighted by Crippen LogP contribution is -2.30. The first-order valence-electron chi connectivity index (χ1n) is 5.35. The smallest absolute Gasteiger partial charge is 0.0897 e. The third-order valence-electron chi connectivity index (χ3n) is 1.66. The quantitative estimate of drug-likeness (QED) is 0.507. The van der Waals surface area contributed by atoms with E-state index >= 15 is 0 Å². The fourth-order valence-corrected chi connectivity index (χ4v) is 0.953. The van der Waals surface area contributed by atoms with E-state index in [0.29, 0.717) is 26.4 Å². The van der Waals surface area contributed by atoms with E-state index in [1.54, 1.807) is 0 Å². The van der Waals surface area contributed by atoms with Gasteiger partial charge >= 0.3 is 0 Å². The number of hydrogen-bond donors (Lipinski definition) is 2. The Balaban J connectivity index is 3.02. The van der Waals surface area contributed by atoms with E-state index in [9.17, 15) is 5.11 Å². The fourth-order valence-electron chi connectivity index (χ4n) is 0.953. The molecule has 1 atom stereocenters. The van der Waals surface area contributed by atoms with Crippen LogP contribution in [0.2, 0.25) is 0 Å². The van der Waals surface area contributed by atoms with Gasteiger partial charge in [0.2, 0.25) is 0 Å². The minimum Gasteiger partial charge on any atom is -0.389 e. The Kier molecular flexibility index (Phi) is 10.8. The molecule has 0 rings (SSSR count). The first-order chi connectivity index (χ1) is 6.81. The molecule has 4 heteroatoms. The van der Waals surface area contributed by atoms with Gasteiger partial charge in [0.15, 0.2) is 0 Å². The maximum absolute atomic E-state index is 9.35. The van der Waals surface area contributed by atoms with Crippen LogP contribution in [0.4, 0.5) is 0 Å². The minimum absolute atomic E-state index is 0.377. The van der Waals surface area contributed by atoms with Crippen molar-refractivity contribution in [2.45, 2.75) is 26.4 Å². The topological polar surface area (TPSA) is 50.7 Å². The van der Waals surface area contributed by atoms with E-state index in [1.165, 1.54) is 0 Å². The van der Waals surface area contributed by atoms with Crippen molar-refractivity contribution in [1.82, 2.24) is 5.32 Å². The molecule has 0 saturated carbocycles. The summed E-state index contributed by atoms with van der Waals surface area (Å²) in [4.78, 5) is 0. The molecular weight excluding hydrogens is 182 g/mol. The number of aliphatic hydroxyl groups is 1. The van der Waals surface area contributed by atoms with Crippen molar-refractivity contribution in [1.29, 1.82) is 0 Å². The number of rotatable bonds is 10. The third kappa shape index (κ3) is 9.92. The van der Waals surface area contributed by atoms with Gasteiger partial charge < -0.3 is 19.9 Å². The van der Waals surface area contributed by atoms with Crippen LogP contribution in [0.1, 0.15) is 20.3 Å². The van der Waals surface area contributed by atoms with Crippen LogP contribution in [-0.4, -0.2) is 50.7 Å². The largest absolute Gasteiger partial charge is 0.389 e. The van der Waals surface area contributed by atoms with Gasteiger partial charge in [-0.1, -0.05) is 13.8 Å². The van der Waals surface area contributed by atoms with E-state index in [-0.39, 0.29) is 0 Å². The second-order valence-corrected chi connectivity index (χ2v) is 3.15. The van der Waals surface area contributed by atoms with Crippen molar-refractivity contribution in [2.75, 3.05) is 39.5 Å². The Bertz CT molecular complexity index is 112. The Morgan fingerprint density at radius 1 is 1.14 bits per heavy atom. The van der Waals surface area contributed by atoms with Gasteiger partial charge in [0.1, 0.15) is 0 Å². The number of ether oxygens (including phenoxy) is 2. The average Bonchev–Trinajstić information content (AvgIpc) is 2.20. The molecule has 0 bridgehead atoms. The molecule has 0 aromatic heterocycles. The SMILES string of the molecule is CCCOCCOCC(O)CNCC. The molecule has 0 saturated heterocycles. The average molecular weight is 205 g/mol.